The highest BCUT2D eigenvalue weighted by Gasteiger charge is 2.27. The molecule has 0 radical (unpaired) electrons. The Balaban J connectivity index is 2.44. The van der Waals surface area contributed by atoms with Crippen LogP contribution in [0.5, 0.6) is 11.5 Å². The number of rotatable bonds is 5. The Hall–Kier alpha value is -1.84. The summed E-state index contributed by atoms with van der Waals surface area (Å²) in [7, 11) is -1.50. The summed E-state index contributed by atoms with van der Waals surface area (Å²) in [5, 5.41) is 5.13. The van der Waals surface area contributed by atoms with Crippen LogP contribution < -0.4 is 14.6 Å². The molecule has 8 nitrogen and oxygen atoms in total. The lowest BCUT2D eigenvalue weighted by atomic mass is 10.2. The van der Waals surface area contributed by atoms with E-state index in [1.165, 1.54) is 20.3 Å². The van der Waals surface area contributed by atoms with Gasteiger partial charge in [0.1, 0.15) is 11.0 Å². The number of benzene rings is 1. The van der Waals surface area contributed by atoms with E-state index < -0.39 is 16.0 Å². The van der Waals surface area contributed by atoms with Gasteiger partial charge in [-0.1, -0.05) is 0 Å². The van der Waals surface area contributed by atoms with Crippen LogP contribution >= 0.6 is 0 Å². The van der Waals surface area contributed by atoms with Crippen LogP contribution in [0, 0.1) is 0 Å². The Kier molecular flexibility index (Phi) is 4.35. The van der Waals surface area contributed by atoms with Crippen LogP contribution in [0.4, 0.5) is 0 Å². The van der Waals surface area contributed by atoms with Gasteiger partial charge >= 0.3 is 5.97 Å². The van der Waals surface area contributed by atoms with E-state index in [9.17, 15) is 13.2 Å². The second kappa shape index (κ2) is 5.88. The van der Waals surface area contributed by atoms with Crippen molar-refractivity contribution in [2.45, 2.75) is 11.0 Å². The van der Waals surface area contributed by atoms with Gasteiger partial charge in [0, 0.05) is 0 Å². The quantitative estimate of drug-likeness (QED) is 0.755. The normalized spacial score (nSPS) is 15.2. The molecule has 1 saturated heterocycles. The summed E-state index contributed by atoms with van der Waals surface area (Å²) in [5.74, 6) is -0.682. The van der Waals surface area contributed by atoms with Gasteiger partial charge in [0.2, 0.25) is 10.0 Å². The minimum Gasteiger partial charge on any atom is -0.493 e. The molecule has 1 aromatic carbocycles. The van der Waals surface area contributed by atoms with E-state index >= 15 is 0 Å². The molecule has 1 aliphatic rings. The highest BCUT2D eigenvalue weighted by Crippen LogP contribution is 2.35. The van der Waals surface area contributed by atoms with Crippen molar-refractivity contribution in [2.75, 3.05) is 27.4 Å². The molecule has 0 aliphatic carbocycles. The fourth-order valence-corrected chi connectivity index (χ4v) is 2.49. The third-order valence-electron chi connectivity index (χ3n) is 2.87. The maximum absolute atomic E-state index is 12.0. The molecule has 1 aromatic rings. The number of primary sulfonamides is 1. The van der Waals surface area contributed by atoms with Crippen molar-refractivity contribution in [3.8, 4) is 11.5 Å². The fraction of sp³-hybridized carbons (Fsp3) is 0.417. The molecule has 116 valence electrons. The Morgan fingerprint density at radius 2 is 1.95 bits per heavy atom. The van der Waals surface area contributed by atoms with E-state index in [1.54, 1.807) is 0 Å². The highest BCUT2D eigenvalue weighted by molar-refractivity contribution is 7.89. The average Bonchev–Trinajstić information content (AvgIpc) is 2.39. The zero-order chi connectivity index (χ0) is 15.6. The smallest absolute Gasteiger partial charge is 0.338 e. The summed E-state index contributed by atoms with van der Waals surface area (Å²) in [6.45, 7) is 0.641. The van der Waals surface area contributed by atoms with Crippen molar-refractivity contribution < 1.29 is 32.2 Å². The molecule has 0 aromatic heterocycles. The van der Waals surface area contributed by atoms with Crippen LogP contribution in [0.15, 0.2) is 17.0 Å². The molecule has 21 heavy (non-hydrogen) atoms. The summed E-state index contributed by atoms with van der Waals surface area (Å²) in [6.07, 6.45) is -0.330. The van der Waals surface area contributed by atoms with Crippen molar-refractivity contribution in [2.24, 2.45) is 5.14 Å². The van der Waals surface area contributed by atoms with Gasteiger partial charge in [0.25, 0.3) is 0 Å². The topological polar surface area (TPSA) is 114 Å². The molecular formula is C12H15NO7S. The molecule has 0 spiro atoms. The Bertz CT molecular complexity index is 652. The maximum Gasteiger partial charge on any atom is 0.338 e. The van der Waals surface area contributed by atoms with Gasteiger partial charge in [-0.25, -0.2) is 18.4 Å². The van der Waals surface area contributed by atoms with Crippen molar-refractivity contribution >= 4 is 16.0 Å². The number of carbonyl (C=O) groups excluding carboxylic acids is 1. The van der Waals surface area contributed by atoms with E-state index in [-0.39, 0.29) is 28.1 Å². The molecule has 2 N–H and O–H groups in total. The van der Waals surface area contributed by atoms with Gasteiger partial charge in [0.05, 0.1) is 33.0 Å². The van der Waals surface area contributed by atoms with E-state index in [4.69, 9.17) is 24.1 Å². The number of sulfonamides is 1. The Morgan fingerprint density at radius 3 is 2.38 bits per heavy atom. The maximum atomic E-state index is 12.0. The van der Waals surface area contributed by atoms with Gasteiger partial charge in [-0.2, -0.15) is 0 Å². The first-order chi connectivity index (χ1) is 9.86. The first-order valence-corrected chi connectivity index (χ1v) is 7.49. The lowest BCUT2D eigenvalue weighted by molar-refractivity contribution is -0.103. The van der Waals surface area contributed by atoms with Crippen LogP contribution in [0.25, 0.3) is 0 Å². The second-order valence-corrected chi connectivity index (χ2v) is 5.85. The van der Waals surface area contributed by atoms with Crippen LogP contribution in [0.1, 0.15) is 10.4 Å². The summed E-state index contributed by atoms with van der Waals surface area (Å²) >= 11 is 0. The lowest BCUT2D eigenvalue weighted by Crippen LogP contribution is -2.37. The molecule has 0 saturated carbocycles. The molecule has 1 aliphatic heterocycles. The number of methoxy groups -OCH3 is 2. The van der Waals surface area contributed by atoms with E-state index in [0.717, 1.165) is 6.07 Å². The van der Waals surface area contributed by atoms with Gasteiger partial charge in [-0.05, 0) is 12.1 Å². The minimum absolute atomic E-state index is 0.00331. The highest BCUT2D eigenvalue weighted by atomic mass is 32.2. The second-order valence-electron chi connectivity index (χ2n) is 4.32. The summed E-state index contributed by atoms with van der Waals surface area (Å²) < 4.78 is 43.3. The molecule has 0 atom stereocenters. The Labute approximate surface area is 121 Å². The fourth-order valence-electron chi connectivity index (χ4n) is 1.76. The molecular weight excluding hydrogens is 302 g/mol. The number of hydrogen-bond acceptors (Lipinski definition) is 7. The van der Waals surface area contributed by atoms with Crippen molar-refractivity contribution in [1.82, 2.24) is 0 Å². The minimum atomic E-state index is -4.09. The van der Waals surface area contributed by atoms with Gasteiger partial charge in [-0.3, -0.25) is 0 Å². The van der Waals surface area contributed by atoms with Gasteiger partial charge in [-0.15, -0.1) is 0 Å². The number of carbonyl (C=O) groups is 1. The number of ether oxygens (including phenoxy) is 4. The van der Waals surface area contributed by atoms with Crippen molar-refractivity contribution in [3.05, 3.63) is 17.7 Å². The molecule has 2 rings (SSSR count). The predicted octanol–water partition coefficient (Wildman–Crippen LogP) is -0.0932. The van der Waals surface area contributed by atoms with Gasteiger partial charge < -0.3 is 18.9 Å². The average molecular weight is 317 g/mol. The number of esters is 1. The number of hydrogen-bond donors (Lipinski definition) is 1. The predicted molar refractivity (Wildman–Crippen MR) is 70.9 cm³/mol. The van der Waals surface area contributed by atoms with E-state index in [2.05, 4.69) is 0 Å². The molecule has 0 unspecified atom stereocenters. The first-order valence-electron chi connectivity index (χ1n) is 5.94. The first kappa shape index (κ1) is 15.5. The zero-order valence-electron chi connectivity index (χ0n) is 11.5. The summed E-state index contributed by atoms with van der Waals surface area (Å²) in [5.41, 5.74) is 0.00331. The summed E-state index contributed by atoms with van der Waals surface area (Å²) in [6, 6.07) is 2.42. The van der Waals surface area contributed by atoms with Crippen LogP contribution in [0.3, 0.4) is 0 Å². The van der Waals surface area contributed by atoms with Gasteiger partial charge in [0.15, 0.2) is 11.5 Å². The molecule has 1 heterocycles. The number of nitrogens with two attached hydrogens (primary N) is 1. The molecule has 1 fully saturated rings. The third-order valence-corrected chi connectivity index (χ3v) is 3.78. The summed E-state index contributed by atoms with van der Waals surface area (Å²) in [4.78, 5) is 11.6. The monoisotopic (exact) mass is 317 g/mol. The van der Waals surface area contributed by atoms with Crippen LogP contribution in [-0.4, -0.2) is 47.9 Å². The van der Waals surface area contributed by atoms with E-state index in [0.29, 0.717) is 13.2 Å². The van der Waals surface area contributed by atoms with Crippen molar-refractivity contribution in [1.29, 1.82) is 0 Å². The van der Waals surface area contributed by atoms with Crippen molar-refractivity contribution in [3.63, 3.8) is 0 Å². The Morgan fingerprint density at radius 1 is 1.29 bits per heavy atom. The van der Waals surface area contributed by atoms with Crippen LogP contribution in [0.2, 0.25) is 0 Å². The SMILES string of the molecule is COc1cc(C(=O)OC2COC2)cc(S(N)(=O)=O)c1OC. The third kappa shape index (κ3) is 3.26. The lowest BCUT2D eigenvalue weighted by Gasteiger charge is -2.25. The zero-order valence-corrected chi connectivity index (χ0v) is 12.3. The van der Waals surface area contributed by atoms with E-state index in [1.807, 2.05) is 0 Å². The standard InChI is InChI=1S/C12H15NO7S/c1-17-9-3-7(12(14)20-8-5-19-6-8)4-10(11(9)18-2)21(13,15)16/h3-4,8H,5-6H2,1-2H3,(H2,13,15,16). The van der Waals surface area contributed by atoms with Crippen LogP contribution in [-0.2, 0) is 19.5 Å². The largest absolute Gasteiger partial charge is 0.493 e. The molecule has 0 bridgehead atoms. The molecule has 9 heteroatoms. The molecule has 0 amide bonds.